The third kappa shape index (κ3) is 4.48. The largest absolute Gasteiger partial charge is 0.478 e. The third-order valence-corrected chi connectivity index (χ3v) is 3.97. The molecule has 2 aromatic carbocycles. The molecule has 0 aliphatic rings. The Hall–Kier alpha value is -1.52. The van der Waals surface area contributed by atoms with Crippen molar-refractivity contribution >= 4 is 33.5 Å². The van der Waals surface area contributed by atoms with E-state index in [2.05, 4.69) is 15.9 Å². The molecule has 0 radical (unpaired) electrons. The van der Waals surface area contributed by atoms with Crippen LogP contribution < -0.4 is 4.74 Å². The van der Waals surface area contributed by atoms with E-state index in [1.165, 1.54) is 0 Å². The zero-order valence-electron chi connectivity index (χ0n) is 11.3. The summed E-state index contributed by atoms with van der Waals surface area (Å²) >= 11 is 9.30. The average molecular weight is 370 g/mol. The standard InChI is InChI=1S/C16H14BrClO3/c1-10-8-13(6-7-14(10)18)21-15(16(19)20)9-11-2-4-12(17)5-3-11/h2-8,15H,9H2,1H3,(H,19,20)/t15-/m0/s1. The van der Waals surface area contributed by atoms with Crippen LogP contribution in [0.5, 0.6) is 5.75 Å². The monoisotopic (exact) mass is 368 g/mol. The number of hydrogen-bond donors (Lipinski definition) is 1. The molecule has 2 aromatic rings. The van der Waals surface area contributed by atoms with Crippen molar-refractivity contribution in [1.29, 1.82) is 0 Å². The Labute approximate surface area is 136 Å². The van der Waals surface area contributed by atoms with Crippen molar-refractivity contribution in [3.8, 4) is 5.75 Å². The van der Waals surface area contributed by atoms with Gasteiger partial charge in [0.2, 0.25) is 0 Å². The van der Waals surface area contributed by atoms with Gasteiger partial charge in [-0.15, -0.1) is 0 Å². The van der Waals surface area contributed by atoms with E-state index in [1.807, 2.05) is 31.2 Å². The fourth-order valence-electron chi connectivity index (χ4n) is 1.87. The summed E-state index contributed by atoms with van der Waals surface area (Å²) in [7, 11) is 0. The number of carboxylic acids is 1. The number of hydrogen-bond acceptors (Lipinski definition) is 2. The Morgan fingerprint density at radius 3 is 2.52 bits per heavy atom. The molecular formula is C16H14BrClO3. The number of carboxylic acid groups (broad SMARTS) is 1. The van der Waals surface area contributed by atoms with Crippen LogP contribution in [0.15, 0.2) is 46.9 Å². The van der Waals surface area contributed by atoms with E-state index in [0.717, 1.165) is 15.6 Å². The van der Waals surface area contributed by atoms with Crippen LogP contribution in [0.4, 0.5) is 0 Å². The second-order valence-electron chi connectivity index (χ2n) is 4.69. The average Bonchev–Trinajstić information content (AvgIpc) is 2.44. The van der Waals surface area contributed by atoms with Gasteiger partial charge in [-0.3, -0.25) is 0 Å². The number of benzene rings is 2. The maximum absolute atomic E-state index is 11.4. The lowest BCUT2D eigenvalue weighted by molar-refractivity contribution is -0.145. The normalized spacial score (nSPS) is 12.0. The van der Waals surface area contributed by atoms with Gasteiger partial charge in [-0.2, -0.15) is 0 Å². The molecule has 0 aromatic heterocycles. The van der Waals surface area contributed by atoms with Crippen molar-refractivity contribution in [3.63, 3.8) is 0 Å². The van der Waals surface area contributed by atoms with E-state index < -0.39 is 12.1 Å². The van der Waals surface area contributed by atoms with Crippen molar-refractivity contribution in [2.24, 2.45) is 0 Å². The summed E-state index contributed by atoms with van der Waals surface area (Å²) in [6.45, 7) is 1.85. The van der Waals surface area contributed by atoms with E-state index >= 15 is 0 Å². The van der Waals surface area contributed by atoms with Gasteiger partial charge >= 0.3 is 5.97 Å². The van der Waals surface area contributed by atoms with Crippen LogP contribution in [-0.2, 0) is 11.2 Å². The van der Waals surface area contributed by atoms with Gasteiger partial charge < -0.3 is 9.84 Å². The number of rotatable bonds is 5. The summed E-state index contributed by atoms with van der Waals surface area (Å²) in [4.78, 5) is 11.4. The van der Waals surface area contributed by atoms with Crippen molar-refractivity contribution in [2.75, 3.05) is 0 Å². The van der Waals surface area contributed by atoms with Gasteiger partial charge in [0.05, 0.1) is 0 Å². The SMILES string of the molecule is Cc1cc(O[C@@H](Cc2ccc(Br)cc2)C(=O)O)ccc1Cl. The summed E-state index contributed by atoms with van der Waals surface area (Å²) in [6, 6.07) is 12.6. The first kappa shape index (κ1) is 15.9. The fraction of sp³-hybridized carbons (Fsp3) is 0.188. The van der Waals surface area contributed by atoms with Crippen LogP contribution in [0.25, 0.3) is 0 Å². The number of aliphatic carboxylic acids is 1. The Balaban J connectivity index is 2.13. The number of halogens is 2. The lowest BCUT2D eigenvalue weighted by Gasteiger charge is -2.16. The first-order valence-electron chi connectivity index (χ1n) is 6.36. The van der Waals surface area contributed by atoms with Crippen LogP contribution in [0.2, 0.25) is 5.02 Å². The highest BCUT2D eigenvalue weighted by molar-refractivity contribution is 9.10. The first-order chi connectivity index (χ1) is 9.95. The number of aryl methyl sites for hydroxylation is 1. The summed E-state index contributed by atoms with van der Waals surface area (Å²) < 4.78 is 6.53. The molecule has 0 fully saturated rings. The maximum Gasteiger partial charge on any atom is 0.345 e. The smallest absolute Gasteiger partial charge is 0.345 e. The quantitative estimate of drug-likeness (QED) is 0.845. The van der Waals surface area contributed by atoms with Gasteiger partial charge in [0, 0.05) is 15.9 Å². The number of carbonyl (C=O) groups is 1. The van der Waals surface area contributed by atoms with Gasteiger partial charge in [0.25, 0.3) is 0 Å². The molecule has 1 N–H and O–H groups in total. The Morgan fingerprint density at radius 1 is 1.29 bits per heavy atom. The second-order valence-corrected chi connectivity index (χ2v) is 6.01. The predicted molar refractivity (Wildman–Crippen MR) is 86.1 cm³/mol. The molecule has 0 aliphatic heterocycles. The molecule has 0 amide bonds. The summed E-state index contributed by atoms with van der Waals surface area (Å²) in [5, 5.41) is 9.94. The van der Waals surface area contributed by atoms with Gasteiger partial charge in [-0.05, 0) is 48.4 Å². The Morgan fingerprint density at radius 2 is 1.95 bits per heavy atom. The van der Waals surface area contributed by atoms with Crippen LogP contribution in [0.1, 0.15) is 11.1 Å². The van der Waals surface area contributed by atoms with Crippen LogP contribution >= 0.6 is 27.5 Å². The number of ether oxygens (including phenoxy) is 1. The zero-order valence-corrected chi connectivity index (χ0v) is 13.7. The molecular weight excluding hydrogens is 356 g/mol. The highest BCUT2D eigenvalue weighted by Gasteiger charge is 2.20. The lowest BCUT2D eigenvalue weighted by Crippen LogP contribution is -2.29. The van der Waals surface area contributed by atoms with E-state index in [4.69, 9.17) is 16.3 Å². The molecule has 0 saturated heterocycles. The Bertz CT molecular complexity index is 640. The summed E-state index contributed by atoms with van der Waals surface area (Å²) in [5.74, 6) is -0.494. The van der Waals surface area contributed by atoms with Gasteiger partial charge in [-0.25, -0.2) is 4.79 Å². The Kier molecular flexibility index (Phi) is 5.26. The second kappa shape index (κ2) is 6.96. The lowest BCUT2D eigenvalue weighted by atomic mass is 10.1. The summed E-state index contributed by atoms with van der Waals surface area (Å²) in [5.41, 5.74) is 1.75. The molecule has 0 spiro atoms. The van der Waals surface area contributed by atoms with Crippen LogP contribution in [0, 0.1) is 6.92 Å². The van der Waals surface area contributed by atoms with Crippen LogP contribution in [0.3, 0.4) is 0 Å². The van der Waals surface area contributed by atoms with Crippen LogP contribution in [-0.4, -0.2) is 17.2 Å². The van der Waals surface area contributed by atoms with Crippen molar-refractivity contribution in [1.82, 2.24) is 0 Å². The van der Waals surface area contributed by atoms with E-state index in [0.29, 0.717) is 17.2 Å². The molecule has 0 unspecified atom stereocenters. The molecule has 5 heteroatoms. The van der Waals surface area contributed by atoms with E-state index in [1.54, 1.807) is 18.2 Å². The van der Waals surface area contributed by atoms with Crippen molar-refractivity contribution in [3.05, 3.63) is 63.1 Å². The van der Waals surface area contributed by atoms with E-state index in [-0.39, 0.29) is 0 Å². The molecule has 0 aliphatic carbocycles. The van der Waals surface area contributed by atoms with Gasteiger partial charge in [-0.1, -0.05) is 39.7 Å². The first-order valence-corrected chi connectivity index (χ1v) is 7.53. The molecule has 1 atom stereocenters. The summed E-state index contributed by atoms with van der Waals surface area (Å²) in [6.07, 6.45) is -0.642. The molecule has 0 saturated carbocycles. The molecule has 2 rings (SSSR count). The molecule has 110 valence electrons. The minimum atomic E-state index is -0.995. The minimum absolute atomic E-state index is 0.296. The zero-order chi connectivity index (χ0) is 15.4. The molecule has 0 heterocycles. The van der Waals surface area contributed by atoms with Crippen molar-refractivity contribution in [2.45, 2.75) is 19.4 Å². The van der Waals surface area contributed by atoms with E-state index in [9.17, 15) is 9.90 Å². The predicted octanol–water partition coefficient (Wildman–Crippen LogP) is 4.49. The maximum atomic E-state index is 11.4. The fourth-order valence-corrected chi connectivity index (χ4v) is 2.25. The molecule has 21 heavy (non-hydrogen) atoms. The third-order valence-electron chi connectivity index (χ3n) is 3.02. The highest BCUT2D eigenvalue weighted by atomic mass is 79.9. The highest BCUT2D eigenvalue weighted by Crippen LogP contribution is 2.23. The topological polar surface area (TPSA) is 46.5 Å². The van der Waals surface area contributed by atoms with Crippen molar-refractivity contribution < 1.29 is 14.6 Å². The molecule has 3 nitrogen and oxygen atoms in total. The molecule has 0 bridgehead atoms. The van der Waals surface area contributed by atoms with Gasteiger partial charge in [0.15, 0.2) is 6.10 Å². The minimum Gasteiger partial charge on any atom is -0.478 e. The van der Waals surface area contributed by atoms with Gasteiger partial charge in [0.1, 0.15) is 5.75 Å².